The molecule has 1 fully saturated rings. The summed E-state index contributed by atoms with van der Waals surface area (Å²) in [7, 11) is -2.95. The molecule has 0 saturated carbocycles. The predicted octanol–water partition coefficient (Wildman–Crippen LogP) is 0.593. The number of hydrogen-bond donors (Lipinski definition) is 1. The highest BCUT2D eigenvalue weighted by atomic mass is 32.2. The molecule has 1 N–H and O–H groups in total. The second kappa shape index (κ2) is 5.14. The van der Waals surface area contributed by atoms with Crippen LogP contribution in [0.4, 0.5) is 0 Å². The smallest absolute Gasteiger partial charge is 0.228 e. The Morgan fingerprint density at radius 2 is 2.33 bits per heavy atom. The molecule has 0 aromatic carbocycles. The van der Waals surface area contributed by atoms with Crippen LogP contribution in [-0.4, -0.2) is 48.3 Å². The lowest BCUT2D eigenvalue weighted by Crippen LogP contribution is -2.41. The Kier molecular flexibility index (Phi) is 3.75. The van der Waals surface area contributed by atoms with Crippen molar-refractivity contribution in [2.45, 2.75) is 25.8 Å². The van der Waals surface area contributed by atoms with Crippen molar-refractivity contribution in [3.63, 3.8) is 0 Å². The number of nitrogens with one attached hydrogen (secondary N) is 1. The van der Waals surface area contributed by atoms with Gasteiger partial charge in [0.05, 0.1) is 17.9 Å². The zero-order valence-corrected chi connectivity index (χ0v) is 11.2. The predicted molar refractivity (Wildman–Crippen MR) is 68.9 cm³/mol. The van der Waals surface area contributed by atoms with Crippen LogP contribution in [0.5, 0.6) is 0 Å². The third-order valence-electron chi connectivity index (χ3n) is 3.31. The van der Waals surface area contributed by atoms with E-state index in [0.29, 0.717) is 19.4 Å². The first kappa shape index (κ1) is 13.1. The zero-order chi connectivity index (χ0) is 13.2. The van der Waals surface area contributed by atoms with Crippen molar-refractivity contribution in [1.29, 1.82) is 0 Å². The van der Waals surface area contributed by atoms with Crippen LogP contribution in [0.25, 0.3) is 0 Å². The van der Waals surface area contributed by atoms with Crippen molar-refractivity contribution >= 4 is 15.7 Å². The summed E-state index contributed by atoms with van der Waals surface area (Å²) in [5, 5.41) is 0. The third-order valence-corrected chi connectivity index (χ3v) is 5.06. The Bertz CT molecular complexity index is 507. The van der Waals surface area contributed by atoms with Gasteiger partial charge in [-0.25, -0.2) is 8.42 Å². The van der Waals surface area contributed by atoms with Crippen molar-refractivity contribution in [1.82, 2.24) is 9.88 Å². The molecule has 0 radical (unpaired) electrons. The highest BCUT2D eigenvalue weighted by molar-refractivity contribution is 7.91. The number of aromatic amines is 1. The normalized spacial score (nSPS) is 21.9. The van der Waals surface area contributed by atoms with Crippen molar-refractivity contribution in [3.8, 4) is 0 Å². The molecule has 6 heteroatoms. The van der Waals surface area contributed by atoms with Crippen molar-refractivity contribution in [3.05, 3.63) is 24.0 Å². The van der Waals surface area contributed by atoms with Gasteiger partial charge in [0, 0.05) is 24.5 Å². The van der Waals surface area contributed by atoms with Crippen LogP contribution >= 0.6 is 0 Å². The molecule has 100 valence electrons. The highest BCUT2D eigenvalue weighted by Crippen LogP contribution is 2.18. The van der Waals surface area contributed by atoms with E-state index in [1.807, 2.05) is 19.1 Å². The van der Waals surface area contributed by atoms with Gasteiger partial charge in [0.25, 0.3) is 0 Å². The molecule has 1 unspecified atom stereocenters. The first-order valence-electron chi connectivity index (χ1n) is 6.14. The van der Waals surface area contributed by atoms with Crippen LogP contribution < -0.4 is 0 Å². The van der Waals surface area contributed by atoms with Crippen molar-refractivity contribution in [2.24, 2.45) is 0 Å². The van der Waals surface area contributed by atoms with E-state index < -0.39 is 9.84 Å². The average molecular weight is 270 g/mol. The van der Waals surface area contributed by atoms with E-state index in [1.54, 1.807) is 11.1 Å². The molecule has 0 aliphatic carbocycles. The number of aromatic nitrogens is 1. The molecule has 2 rings (SSSR count). The minimum atomic E-state index is -2.95. The molecular weight excluding hydrogens is 252 g/mol. The quantitative estimate of drug-likeness (QED) is 0.870. The SMILES string of the molecule is CCN(C(=O)Cc1ccc[nH]1)C1CCS(=O)(=O)C1. The molecule has 1 aromatic rings. The summed E-state index contributed by atoms with van der Waals surface area (Å²) in [6, 6.07) is 3.55. The lowest BCUT2D eigenvalue weighted by Gasteiger charge is -2.26. The van der Waals surface area contributed by atoms with Crippen LogP contribution in [0.15, 0.2) is 18.3 Å². The molecule has 1 saturated heterocycles. The minimum Gasteiger partial charge on any atom is -0.365 e. The summed E-state index contributed by atoms with van der Waals surface area (Å²) in [6.45, 7) is 2.44. The van der Waals surface area contributed by atoms with E-state index in [9.17, 15) is 13.2 Å². The molecule has 1 atom stereocenters. The Hall–Kier alpha value is -1.30. The third kappa shape index (κ3) is 2.93. The van der Waals surface area contributed by atoms with Crippen LogP contribution in [0.1, 0.15) is 19.0 Å². The Labute approximate surface area is 107 Å². The maximum Gasteiger partial charge on any atom is 0.228 e. The monoisotopic (exact) mass is 270 g/mol. The second-order valence-corrected chi connectivity index (χ2v) is 6.84. The average Bonchev–Trinajstić information content (AvgIpc) is 2.89. The molecular formula is C12H18N2O3S. The fourth-order valence-electron chi connectivity index (χ4n) is 2.40. The van der Waals surface area contributed by atoms with Gasteiger partial charge in [0.2, 0.25) is 5.91 Å². The highest BCUT2D eigenvalue weighted by Gasteiger charge is 2.33. The Balaban J connectivity index is 2.03. The fraction of sp³-hybridized carbons (Fsp3) is 0.583. The maximum absolute atomic E-state index is 12.2. The first-order chi connectivity index (χ1) is 8.52. The number of nitrogens with zero attached hydrogens (tertiary/aromatic N) is 1. The summed E-state index contributed by atoms with van der Waals surface area (Å²) < 4.78 is 22.9. The van der Waals surface area contributed by atoms with Crippen LogP contribution in [0.3, 0.4) is 0 Å². The van der Waals surface area contributed by atoms with Gasteiger partial charge in [-0.05, 0) is 25.5 Å². The summed E-state index contributed by atoms with van der Waals surface area (Å²) in [5.74, 6) is 0.295. The van der Waals surface area contributed by atoms with E-state index in [4.69, 9.17) is 0 Å². The van der Waals surface area contributed by atoms with Gasteiger partial charge >= 0.3 is 0 Å². The fourth-order valence-corrected chi connectivity index (χ4v) is 4.13. The summed E-state index contributed by atoms with van der Waals surface area (Å²) in [5.41, 5.74) is 0.860. The molecule has 5 nitrogen and oxygen atoms in total. The van der Waals surface area contributed by atoms with Gasteiger partial charge in [-0.15, -0.1) is 0 Å². The molecule has 18 heavy (non-hydrogen) atoms. The summed E-state index contributed by atoms with van der Waals surface area (Å²) in [4.78, 5) is 16.8. The molecule has 0 bridgehead atoms. The lowest BCUT2D eigenvalue weighted by atomic mass is 10.2. The van der Waals surface area contributed by atoms with E-state index in [-0.39, 0.29) is 23.5 Å². The van der Waals surface area contributed by atoms with Gasteiger partial charge in [-0.1, -0.05) is 0 Å². The number of H-pyrrole nitrogens is 1. The number of rotatable bonds is 4. The number of carbonyl (C=O) groups excluding carboxylic acids is 1. The van der Waals surface area contributed by atoms with Crippen LogP contribution in [0.2, 0.25) is 0 Å². The number of amides is 1. The number of sulfone groups is 1. The zero-order valence-electron chi connectivity index (χ0n) is 10.4. The second-order valence-electron chi connectivity index (χ2n) is 4.61. The Morgan fingerprint density at radius 1 is 1.56 bits per heavy atom. The summed E-state index contributed by atoms with van der Waals surface area (Å²) in [6.07, 6.45) is 2.64. The van der Waals surface area contributed by atoms with Crippen LogP contribution in [0, 0.1) is 0 Å². The van der Waals surface area contributed by atoms with E-state index in [0.717, 1.165) is 5.69 Å². The van der Waals surface area contributed by atoms with Gasteiger partial charge < -0.3 is 9.88 Å². The molecule has 1 aromatic heterocycles. The largest absolute Gasteiger partial charge is 0.365 e. The molecule has 1 aliphatic rings. The van der Waals surface area contributed by atoms with Gasteiger partial charge in [-0.2, -0.15) is 0 Å². The van der Waals surface area contributed by atoms with Gasteiger partial charge in [0.1, 0.15) is 0 Å². The maximum atomic E-state index is 12.2. The number of carbonyl (C=O) groups is 1. The van der Waals surface area contributed by atoms with Gasteiger partial charge in [-0.3, -0.25) is 4.79 Å². The molecule has 0 spiro atoms. The topological polar surface area (TPSA) is 70.2 Å². The standard InChI is InChI=1S/C12H18N2O3S/c1-2-14(11-5-7-18(16,17)9-11)12(15)8-10-4-3-6-13-10/h3-4,6,11,13H,2,5,7-9H2,1H3. The first-order valence-corrected chi connectivity index (χ1v) is 7.96. The number of hydrogen-bond acceptors (Lipinski definition) is 3. The molecule has 1 amide bonds. The van der Waals surface area contributed by atoms with Gasteiger partial charge in [0.15, 0.2) is 9.84 Å². The molecule has 1 aliphatic heterocycles. The lowest BCUT2D eigenvalue weighted by molar-refractivity contribution is -0.132. The Morgan fingerprint density at radius 3 is 2.83 bits per heavy atom. The van der Waals surface area contributed by atoms with Crippen LogP contribution in [-0.2, 0) is 21.1 Å². The molecule has 2 heterocycles. The number of likely N-dealkylation sites (N-methyl/N-ethyl adjacent to an activating group) is 1. The van der Waals surface area contributed by atoms with E-state index in [2.05, 4.69) is 4.98 Å². The van der Waals surface area contributed by atoms with Crippen molar-refractivity contribution in [2.75, 3.05) is 18.1 Å². The summed E-state index contributed by atoms with van der Waals surface area (Å²) >= 11 is 0. The van der Waals surface area contributed by atoms with Crippen molar-refractivity contribution < 1.29 is 13.2 Å². The van der Waals surface area contributed by atoms with E-state index >= 15 is 0 Å². The van der Waals surface area contributed by atoms with E-state index in [1.165, 1.54) is 0 Å². The minimum absolute atomic E-state index is 0.0120.